The summed E-state index contributed by atoms with van der Waals surface area (Å²) in [5.41, 5.74) is 9.16. The van der Waals surface area contributed by atoms with Gasteiger partial charge in [-0.15, -0.1) is 0 Å². The van der Waals surface area contributed by atoms with Gasteiger partial charge in [-0.25, -0.2) is 4.79 Å². The molecule has 1 unspecified atom stereocenters. The highest BCUT2D eigenvalue weighted by molar-refractivity contribution is 8.76. The quantitative estimate of drug-likeness (QED) is 0.150. The van der Waals surface area contributed by atoms with Crippen molar-refractivity contribution < 1.29 is 29.7 Å². The third-order valence-electron chi connectivity index (χ3n) is 2.75. The van der Waals surface area contributed by atoms with E-state index in [-0.39, 0.29) is 23.8 Å². The monoisotopic (exact) mass is 369 g/mol. The molecule has 0 heterocycles. The van der Waals surface area contributed by atoms with Gasteiger partial charge in [0.2, 0.25) is 0 Å². The van der Waals surface area contributed by atoms with Gasteiger partial charge in [0.15, 0.2) is 5.66 Å². The predicted molar refractivity (Wildman–Crippen MR) is 89.1 cm³/mol. The Morgan fingerprint density at radius 1 is 1.13 bits per heavy atom. The largest absolute Gasteiger partial charge is 0.480 e. The van der Waals surface area contributed by atoms with Crippen LogP contribution >= 0.6 is 21.6 Å². The van der Waals surface area contributed by atoms with Crippen LogP contribution in [0.3, 0.4) is 0 Å². The standard InChI is InChI=1S/C12H23N3O6S2/c1-6(2)3-8(10(18)19)15-12(14,11(20)21)5-23-22-4-7(13)9(16)17/h6-8,15H,3-5,13-14H2,1-2H3,(H,16,17)(H,18,19)(H,20,21)/t7?,8-,12+/m0/s1. The zero-order valence-electron chi connectivity index (χ0n) is 12.9. The maximum absolute atomic E-state index is 11.4. The van der Waals surface area contributed by atoms with Crippen LogP contribution in [0.4, 0.5) is 0 Å². The van der Waals surface area contributed by atoms with E-state index in [2.05, 4.69) is 5.32 Å². The molecule has 0 saturated carbocycles. The van der Waals surface area contributed by atoms with Crippen LogP contribution in [0.15, 0.2) is 0 Å². The van der Waals surface area contributed by atoms with E-state index in [1.807, 2.05) is 13.8 Å². The minimum absolute atomic E-state index is 0.0391. The van der Waals surface area contributed by atoms with Gasteiger partial charge < -0.3 is 26.8 Å². The molecule has 0 radical (unpaired) electrons. The van der Waals surface area contributed by atoms with Crippen molar-refractivity contribution in [2.45, 2.75) is 38.0 Å². The van der Waals surface area contributed by atoms with Gasteiger partial charge in [0, 0.05) is 11.5 Å². The summed E-state index contributed by atoms with van der Waals surface area (Å²) in [7, 11) is 2.08. The fourth-order valence-electron chi connectivity index (χ4n) is 1.50. The lowest BCUT2D eigenvalue weighted by Gasteiger charge is -2.29. The minimum atomic E-state index is -1.94. The van der Waals surface area contributed by atoms with Crippen LogP contribution in [-0.2, 0) is 14.4 Å². The molecule has 3 atom stereocenters. The van der Waals surface area contributed by atoms with Crippen LogP contribution in [0.25, 0.3) is 0 Å². The number of nitrogens with one attached hydrogen (secondary N) is 1. The van der Waals surface area contributed by atoms with Crippen molar-refractivity contribution in [1.82, 2.24) is 5.32 Å². The van der Waals surface area contributed by atoms with Gasteiger partial charge in [-0.1, -0.05) is 35.4 Å². The van der Waals surface area contributed by atoms with Crippen molar-refractivity contribution >= 4 is 39.5 Å². The fraction of sp³-hybridized carbons (Fsp3) is 0.750. The van der Waals surface area contributed by atoms with E-state index in [0.29, 0.717) is 0 Å². The molecule has 134 valence electrons. The molecule has 0 fully saturated rings. The Labute approximate surface area is 141 Å². The summed E-state index contributed by atoms with van der Waals surface area (Å²) < 4.78 is 0. The second-order valence-electron chi connectivity index (χ2n) is 5.43. The average Bonchev–Trinajstić information content (AvgIpc) is 2.41. The number of nitrogens with two attached hydrogens (primary N) is 2. The maximum atomic E-state index is 11.4. The predicted octanol–water partition coefficient (Wildman–Crippen LogP) is -0.392. The summed E-state index contributed by atoms with van der Waals surface area (Å²) in [6, 6.07) is -2.16. The number of carbonyl (C=O) groups is 3. The van der Waals surface area contributed by atoms with E-state index in [1.54, 1.807) is 0 Å². The van der Waals surface area contributed by atoms with Crippen molar-refractivity contribution in [3.8, 4) is 0 Å². The average molecular weight is 369 g/mol. The number of rotatable bonds is 12. The minimum Gasteiger partial charge on any atom is -0.480 e. The second kappa shape index (κ2) is 9.98. The summed E-state index contributed by atoms with van der Waals surface area (Å²) in [4.78, 5) is 33.2. The summed E-state index contributed by atoms with van der Waals surface area (Å²) in [5.74, 6) is -3.76. The third kappa shape index (κ3) is 8.42. The van der Waals surface area contributed by atoms with Gasteiger partial charge in [0.1, 0.15) is 12.1 Å². The van der Waals surface area contributed by atoms with Crippen molar-refractivity contribution in [1.29, 1.82) is 0 Å². The molecule has 11 heteroatoms. The van der Waals surface area contributed by atoms with Gasteiger partial charge in [-0.3, -0.25) is 14.9 Å². The topological polar surface area (TPSA) is 176 Å². The number of carboxylic acid groups (broad SMARTS) is 3. The molecule has 9 nitrogen and oxygen atoms in total. The molecule has 8 N–H and O–H groups in total. The zero-order valence-corrected chi connectivity index (χ0v) is 14.5. The van der Waals surface area contributed by atoms with Crippen LogP contribution in [0, 0.1) is 5.92 Å². The molecule has 0 aliphatic carbocycles. The van der Waals surface area contributed by atoms with E-state index in [0.717, 1.165) is 21.6 Å². The summed E-state index contributed by atoms with van der Waals surface area (Å²) in [6.45, 7) is 3.63. The molecular weight excluding hydrogens is 346 g/mol. The molecule has 0 aromatic carbocycles. The lowest BCUT2D eigenvalue weighted by Crippen LogP contribution is -2.65. The molecule has 0 bridgehead atoms. The Hall–Kier alpha value is -1.01. The number of aliphatic carboxylic acids is 3. The molecule has 0 aromatic heterocycles. The van der Waals surface area contributed by atoms with E-state index < -0.39 is 35.7 Å². The first kappa shape index (κ1) is 22.0. The van der Waals surface area contributed by atoms with Crippen molar-refractivity contribution in [2.75, 3.05) is 11.5 Å². The lowest BCUT2D eigenvalue weighted by molar-refractivity contribution is -0.146. The fourth-order valence-corrected chi connectivity index (χ4v) is 3.89. The summed E-state index contributed by atoms with van der Waals surface area (Å²) in [6.07, 6.45) is 0.225. The Morgan fingerprint density at radius 3 is 2.09 bits per heavy atom. The first-order valence-electron chi connectivity index (χ1n) is 6.75. The highest BCUT2D eigenvalue weighted by Crippen LogP contribution is 2.25. The van der Waals surface area contributed by atoms with Crippen molar-refractivity contribution in [3.05, 3.63) is 0 Å². The molecule has 0 rings (SSSR count). The Morgan fingerprint density at radius 2 is 1.70 bits per heavy atom. The number of hydrogen-bond donors (Lipinski definition) is 6. The van der Waals surface area contributed by atoms with E-state index in [4.69, 9.17) is 21.7 Å². The second-order valence-corrected chi connectivity index (χ2v) is 7.94. The first-order valence-corrected chi connectivity index (χ1v) is 9.24. The lowest BCUT2D eigenvalue weighted by atomic mass is 10.0. The van der Waals surface area contributed by atoms with E-state index >= 15 is 0 Å². The molecule has 23 heavy (non-hydrogen) atoms. The van der Waals surface area contributed by atoms with Gasteiger partial charge in [-0.2, -0.15) is 0 Å². The smallest absolute Gasteiger partial charge is 0.339 e. The molecule has 0 amide bonds. The molecule has 0 spiro atoms. The highest BCUT2D eigenvalue weighted by atomic mass is 33.1. The van der Waals surface area contributed by atoms with Crippen LogP contribution in [0.2, 0.25) is 0 Å². The Kier molecular flexibility index (Phi) is 9.54. The van der Waals surface area contributed by atoms with E-state index in [9.17, 15) is 19.5 Å². The van der Waals surface area contributed by atoms with Crippen LogP contribution in [-0.4, -0.2) is 62.5 Å². The highest BCUT2D eigenvalue weighted by Gasteiger charge is 2.38. The number of hydrogen-bond acceptors (Lipinski definition) is 8. The SMILES string of the molecule is CC(C)C[C@H](N[C@](N)(CSSCC(N)C(=O)O)C(=O)O)C(=O)O. The van der Waals surface area contributed by atoms with Gasteiger partial charge >= 0.3 is 17.9 Å². The van der Waals surface area contributed by atoms with Crippen molar-refractivity contribution in [2.24, 2.45) is 17.4 Å². The number of carboxylic acids is 3. The first-order chi connectivity index (χ1) is 10.5. The summed E-state index contributed by atoms with van der Waals surface area (Å²) >= 11 is 0. The summed E-state index contributed by atoms with van der Waals surface area (Å²) in [5, 5.41) is 29.6. The molecule has 0 aliphatic rings. The van der Waals surface area contributed by atoms with Gasteiger partial charge in [0.25, 0.3) is 0 Å². The normalized spacial score (nSPS) is 16.6. The van der Waals surface area contributed by atoms with Gasteiger partial charge in [0.05, 0.1) is 0 Å². The van der Waals surface area contributed by atoms with Crippen LogP contribution in [0.5, 0.6) is 0 Å². The van der Waals surface area contributed by atoms with Crippen LogP contribution in [0.1, 0.15) is 20.3 Å². The molecule has 0 aromatic rings. The van der Waals surface area contributed by atoms with Crippen molar-refractivity contribution in [3.63, 3.8) is 0 Å². The molecular formula is C12H23N3O6S2. The third-order valence-corrected chi connectivity index (χ3v) is 5.25. The van der Waals surface area contributed by atoms with Crippen LogP contribution < -0.4 is 16.8 Å². The zero-order chi connectivity index (χ0) is 18.2. The molecule has 0 saturated heterocycles. The van der Waals surface area contributed by atoms with Gasteiger partial charge in [-0.05, 0) is 12.3 Å². The Bertz CT molecular complexity index is 437. The molecule has 0 aliphatic heterocycles. The Balaban J connectivity index is 4.69. The maximum Gasteiger partial charge on any atom is 0.339 e. The van der Waals surface area contributed by atoms with E-state index in [1.165, 1.54) is 0 Å².